The third-order valence-electron chi connectivity index (χ3n) is 4.02. The van der Waals surface area contributed by atoms with E-state index in [2.05, 4.69) is 24.5 Å². The zero-order valence-corrected chi connectivity index (χ0v) is 17.7. The summed E-state index contributed by atoms with van der Waals surface area (Å²) < 4.78 is 11.4. The van der Waals surface area contributed by atoms with Crippen LogP contribution >= 0.6 is 12.2 Å². The van der Waals surface area contributed by atoms with Crippen LogP contribution in [0.1, 0.15) is 24.2 Å². The lowest BCUT2D eigenvalue weighted by atomic mass is 10.2. The lowest BCUT2D eigenvalue weighted by molar-refractivity contribution is 0.0977. The van der Waals surface area contributed by atoms with E-state index in [1.165, 1.54) is 0 Å². The second-order valence-corrected chi connectivity index (χ2v) is 7.49. The molecule has 3 aromatic rings. The summed E-state index contributed by atoms with van der Waals surface area (Å²) >= 11 is 5.25. The molecule has 0 aromatic heterocycles. The summed E-state index contributed by atoms with van der Waals surface area (Å²) in [5, 5.41) is 5.89. The zero-order valence-electron chi connectivity index (χ0n) is 16.9. The Balaban J connectivity index is 1.50. The smallest absolute Gasteiger partial charge is 0.257 e. The highest BCUT2D eigenvalue weighted by atomic mass is 32.1. The minimum Gasteiger partial charge on any atom is -0.493 e. The molecule has 0 saturated heterocycles. The fourth-order valence-electron chi connectivity index (χ4n) is 2.53. The van der Waals surface area contributed by atoms with Crippen molar-refractivity contribution < 1.29 is 14.3 Å². The van der Waals surface area contributed by atoms with Crippen LogP contribution < -0.4 is 20.1 Å². The molecular formula is C24H24N2O3S. The van der Waals surface area contributed by atoms with Crippen molar-refractivity contribution in [3.63, 3.8) is 0 Å². The molecule has 0 aliphatic heterocycles. The first-order valence-electron chi connectivity index (χ1n) is 9.68. The van der Waals surface area contributed by atoms with E-state index in [-0.39, 0.29) is 11.0 Å². The van der Waals surface area contributed by atoms with E-state index in [9.17, 15) is 4.79 Å². The van der Waals surface area contributed by atoms with Gasteiger partial charge in [0.25, 0.3) is 5.91 Å². The first-order chi connectivity index (χ1) is 14.5. The van der Waals surface area contributed by atoms with Crippen molar-refractivity contribution in [2.45, 2.75) is 13.8 Å². The Hall–Kier alpha value is -3.38. The van der Waals surface area contributed by atoms with Gasteiger partial charge in [-0.25, -0.2) is 0 Å². The molecule has 0 fully saturated rings. The Kier molecular flexibility index (Phi) is 7.40. The molecule has 0 atom stereocenters. The number of thiocarbonyl (C=S) groups is 1. The molecule has 2 N–H and O–H groups in total. The van der Waals surface area contributed by atoms with E-state index in [0.29, 0.717) is 23.8 Å². The molecule has 0 spiro atoms. The van der Waals surface area contributed by atoms with E-state index < -0.39 is 0 Å². The van der Waals surface area contributed by atoms with Crippen LogP contribution in [0.15, 0.2) is 78.9 Å². The van der Waals surface area contributed by atoms with Crippen LogP contribution in [0, 0.1) is 5.92 Å². The summed E-state index contributed by atoms with van der Waals surface area (Å²) in [6.07, 6.45) is 0. The molecule has 5 nitrogen and oxygen atoms in total. The number of anilines is 1. The predicted molar refractivity (Wildman–Crippen MR) is 123 cm³/mol. The maximum atomic E-state index is 12.4. The second-order valence-electron chi connectivity index (χ2n) is 7.08. The Morgan fingerprint density at radius 1 is 0.867 bits per heavy atom. The quantitative estimate of drug-likeness (QED) is 0.484. The summed E-state index contributed by atoms with van der Waals surface area (Å²) in [4.78, 5) is 12.4. The number of ether oxygens (including phenoxy) is 2. The van der Waals surface area contributed by atoms with Crippen LogP contribution in [-0.4, -0.2) is 17.6 Å². The van der Waals surface area contributed by atoms with Gasteiger partial charge >= 0.3 is 0 Å². The van der Waals surface area contributed by atoms with Gasteiger partial charge in [-0.1, -0.05) is 32.0 Å². The molecule has 0 saturated carbocycles. The maximum Gasteiger partial charge on any atom is 0.257 e. The molecule has 6 heteroatoms. The van der Waals surface area contributed by atoms with Crippen molar-refractivity contribution >= 4 is 28.9 Å². The molecular weight excluding hydrogens is 396 g/mol. The Bertz CT molecular complexity index is 972. The van der Waals surface area contributed by atoms with Crippen molar-refractivity contribution in [1.82, 2.24) is 5.32 Å². The molecule has 3 aromatic carbocycles. The van der Waals surface area contributed by atoms with Gasteiger partial charge in [-0.2, -0.15) is 0 Å². The number of para-hydroxylation sites is 1. The normalized spacial score (nSPS) is 10.4. The molecule has 0 aliphatic rings. The fourth-order valence-corrected chi connectivity index (χ4v) is 2.74. The fraction of sp³-hybridized carbons (Fsp3) is 0.167. The van der Waals surface area contributed by atoms with Gasteiger partial charge in [-0.15, -0.1) is 0 Å². The first kappa shape index (κ1) is 21.3. The molecule has 1 amide bonds. The van der Waals surface area contributed by atoms with Crippen molar-refractivity contribution in [2.24, 2.45) is 5.92 Å². The third-order valence-corrected chi connectivity index (χ3v) is 4.22. The van der Waals surface area contributed by atoms with Crippen molar-refractivity contribution in [3.05, 3.63) is 84.4 Å². The van der Waals surface area contributed by atoms with Crippen molar-refractivity contribution in [3.8, 4) is 17.2 Å². The average Bonchev–Trinajstić information content (AvgIpc) is 2.74. The number of rotatable bonds is 7. The van der Waals surface area contributed by atoms with Crippen molar-refractivity contribution in [1.29, 1.82) is 0 Å². The monoisotopic (exact) mass is 420 g/mol. The van der Waals surface area contributed by atoms with Crippen molar-refractivity contribution in [2.75, 3.05) is 11.9 Å². The number of benzene rings is 3. The van der Waals surface area contributed by atoms with Gasteiger partial charge in [0.05, 0.1) is 6.61 Å². The summed E-state index contributed by atoms with van der Waals surface area (Å²) in [7, 11) is 0. The Morgan fingerprint density at radius 3 is 2.10 bits per heavy atom. The molecule has 0 aliphatic carbocycles. The van der Waals surface area contributed by atoms with Crippen LogP contribution in [0.5, 0.6) is 17.2 Å². The zero-order chi connectivity index (χ0) is 21.3. The van der Waals surface area contributed by atoms with Gasteiger partial charge in [0.1, 0.15) is 17.2 Å². The maximum absolute atomic E-state index is 12.4. The standard InChI is InChI=1S/C24H24N2O3S/c1-17(2)16-28-20-12-8-18(9-13-20)23(27)26-24(30)25-19-10-14-22(15-11-19)29-21-6-4-3-5-7-21/h3-15,17H,16H2,1-2H3,(H2,25,26,27,30). The minimum atomic E-state index is -0.285. The molecule has 154 valence electrons. The number of amides is 1. The van der Waals surface area contributed by atoms with E-state index in [1.54, 1.807) is 24.3 Å². The highest BCUT2D eigenvalue weighted by molar-refractivity contribution is 7.80. The number of carbonyl (C=O) groups is 1. The van der Waals surface area contributed by atoms with Crippen LogP contribution in [0.3, 0.4) is 0 Å². The number of hydrogen-bond donors (Lipinski definition) is 2. The molecule has 30 heavy (non-hydrogen) atoms. The highest BCUT2D eigenvalue weighted by Gasteiger charge is 2.09. The molecule has 0 heterocycles. The van der Waals surface area contributed by atoms with E-state index in [0.717, 1.165) is 17.2 Å². The Labute approximate surface area is 182 Å². The van der Waals surface area contributed by atoms with Crippen LogP contribution in [0.4, 0.5) is 5.69 Å². The summed E-state index contributed by atoms with van der Waals surface area (Å²) in [5.74, 6) is 2.36. The second kappa shape index (κ2) is 10.4. The molecule has 0 radical (unpaired) electrons. The first-order valence-corrected chi connectivity index (χ1v) is 10.1. The lowest BCUT2D eigenvalue weighted by Gasteiger charge is -2.11. The van der Waals surface area contributed by atoms with Gasteiger partial charge in [0.2, 0.25) is 0 Å². The van der Waals surface area contributed by atoms with Gasteiger partial charge in [-0.05, 0) is 78.8 Å². The van der Waals surface area contributed by atoms with Crippen LogP contribution in [-0.2, 0) is 0 Å². The van der Waals surface area contributed by atoms with E-state index in [1.807, 2.05) is 54.6 Å². The summed E-state index contributed by atoms with van der Waals surface area (Å²) in [6, 6.07) is 23.8. The van der Waals surface area contributed by atoms with Gasteiger partial charge in [-0.3, -0.25) is 10.1 Å². The summed E-state index contributed by atoms with van der Waals surface area (Å²) in [6.45, 7) is 4.80. The molecule has 3 rings (SSSR count). The number of hydrogen-bond acceptors (Lipinski definition) is 4. The third kappa shape index (κ3) is 6.60. The summed E-state index contributed by atoms with van der Waals surface area (Å²) in [5.41, 5.74) is 1.25. The van der Waals surface area contributed by atoms with E-state index in [4.69, 9.17) is 21.7 Å². The largest absolute Gasteiger partial charge is 0.493 e. The lowest BCUT2D eigenvalue weighted by Crippen LogP contribution is -2.34. The van der Waals surface area contributed by atoms with Gasteiger partial charge < -0.3 is 14.8 Å². The SMILES string of the molecule is CC(C)COc1ccc(C(=O)NC(=S)Nc2ccc(Oc3ccccc3)cc2)cc1. The average molecular weight is 421 g/mol. The number of nitrogens with one attached hydrogen (secondary N) is 2. The molecule has 0 bridgehead atoms. The van der Waals surface area contributed by atoms with Gasteiger partial charge in [0, 0.05) is 11.3 Å². The number of carbonyl (C=O) groups excluding carboxylic acids is 1. The van der Waals surface area contributed by atoms with Crippen LogP contribution in [0.25, 0.3) is 0 Å². The van der Waals surface area contributed by atoms with Crippen LogP contribution in [0.2, 0.25) is 0 Å². The highest BCUT2D eigenvalue weighted by Crippen LogP contribution is 2.22. The minimum absolute atomic E-state index is 0.219. The van der Waals surface area contributed by atoms with Gasteiger partial charge in [0.15, 0.2) is 5.11 Å². The topological polar surface area (TPSA) is 59.6 Å². The molecule has 0 unspecified atom stereocenters. The predicted octanol–water partition coefficient (Wildman–Crippen LogP) is 5.64. The Morgan fingerprint density at radius 2 is 1.47 bits per heavy atom. The van der Waals surface area contributed by atoms with E-state index >= 15 is 0 Å².